The van der Waals surface area contributed by atoms with Gasteiger partial charge in [-0.05, 0) is 13.8 Å². The van der Waals surface area contributed by atoms with Gasteiger partial charge in [-0.25, -0.2) is 0 Å². The first-order valence-corrected chi connectivity index (χ1v) is 2.65. The molecule has 43 valence electrons. The lowest BCUT2D eigenvalue weighted by molar-refractivity contribution is 1.73. The molecule has 1 radical (unpaired) electrons. The van der Waals surface area contributed by atoms with E-state index < -0.39 is 0 Å². The Hall–Kier alpha value is -0.780. The Morgan fingerprint density at radius 3 is 2.12 bits per heavy atom. The average molecular weight is 107 g/mol. The van der Waals surface area contributed by atoms with Crippen molar-refractivity contribution in [1.82, 2.24) is 0 Å². The van der Waals surface area contributed by atoms with Crippen molar-refractivity contribution in [2.24, 2.45) is 0 Å². The molecule has 8 heavy (non-hydrogen) atoms. The minimum atomic E-state index is 1.75. The summed E-state index contributed by atoms with van der Waals surface area (Å²) in [5.74, 6) is 0. The molecule has 0 aromatic rings. The molecule has 0 fully saturated rings. The second-order valence-electron chi connectivity index (χ2n) is 1.34. The monoisotopic (exact) mass is 107 g/mol. The normalized spacial score (nSPS) is 12.8. The lowest BCUT2D eigenvalue weighted by Crippen LogP contribution is -1.46. The molecule has 0 atom stereocenters. The molecule has 0 N–H and O–H groups in total. The molecule has 0 aromatic carbocycles. The van der Waals surface area contributed by atoms with E-state index in [4.69, 9.17) is 0 Å². The highest BCUT2D eigenvalue weighted by molar-refractivity contribution is 5.10. The Morgan fingerprint density at radius 1 is 1.00 bits per heavy atom. The van der Waals surface area contributed by atoms with Crippen LogP contribution in [0.1, 0.15) is 6.92 Å². The molecule has 0 heterocycles. The third-order valence-corrected chi connectivity index (χ3v) is 0.662. The minimum Gasteiger partial charge on any atom is -0.0877 e. The molecule has 0 saturated carbocycles. The molecule has 0 nitrogen and oxygen atoms in total. The average Bonchev–Trinajstić information content (AvgIpc) is 1.81. The standard InChI is InChI=1S/C8H11/c1-3-5-7-8-6-4-2/h3-8H,1H2,2H3/b5-3+,6-4+,8-7+. The Kier molecular flexibility index (Phi) is 5.61. The van der Waals surface area contributed by atoms with Gasteiger partial charge in [0, 0.05) is 0 Å². The van der Waals surface area contributed by atoms with Crippen LogP contribution in [-0.4, -0.2) is 0 Å². The Balaban J connectivity index is 3.35. The van der Waals surface area contributed by atoms with Gasteiger partial charge in [-0.15, -0.1) is 0 Å². The Morgan fingerprint density at radius 2 is 1.62 bits per heavy atom. The maximum absolute atomic E-state index is 3.53. The molecule has 0 bridgehead atoms. The summed E-state index contributed by atoms with van der Waals surface area (Å²) >= 11 is 0. The van der Waals surface area contributed by atoms with E-state index in [0.29, 0.717) is 0 Å². The third-order valence-electron chi connectivity index (χ3n) is 0.662. The van der Waals surface area contributed by atoms with Crippen LogP contribution >= 0.6 is 0 Å². The summed E-state index contributed by atoms with van der Waals surface area (Å²) in [6, 6.07) is 0. The van der Waals surface area contributed by atoms with Gasteiger partial charge >= 0.3 is 0 Å². The van der Waals surface area contributed by atoms with Crippen molar-refractivity contribution in [2.75, 3.05) is 0 Å². The van der Waals surface area contributed by atoms with E-state index in [0.717, 1.165) is 0 Å². The lowest BCUT2D eigenvalue weighted by atomic mass is 10.4. The summed E-state index contributed by atoms with van der Waals surface area (Å²) in [6.07, 6.45) is 11.5. The molecule has 0 aromatic heterocycles. The van der Waals surface area contributed by atoms with E-state index in [-0.39, 0.29) is 0 Å². The van der Waals surface area contributed by atoms with Gasteiger partial charge in [-0.3, -0.25) is 0 Å². The quantitative estimate of drug-likeness (QED) is 0.475. The van der Waals surface area contributed by atoms with Crippen molar-refractivity contribution in [3.05, 3.63) is 43.4 Å². The third kappa shape index (κ3) is 5.22. The van der Waals surface area contributed by atoms with Crippen LogP contribution in [0.4, 0.5) is 0 Å². The Bertz CT molecular complexity index is 91.2. The fourth-order valence-corrected chi connectivity index (χ4v) is 0.318. The molecule has 0 heteroatoms. The largest absolute Gasteiger partial charge is 0.0877 e. The van der Waals surface area contributed by atoms with E-state index in [2.05, 4.69) is 6.92 Å². The van der Waals surface area contributed by atoms with Crippen molar-refractivity contribution in [2.45, 2.75) is 6.92 Å². The Labute approximate surface area is 51.2 Å². The molecule has 0 rings (SSSR count). The SMILES string of the molecule is [CH2]/C=C/C=C/C=C/C. The predicted molar refractivity (Wildman–Crippen MR) is 38.5 cm³/mol. The fraction of sp³-hybridized carbons (Fsp3) is 0.125. The molecule has 0 saturated heterocycles. The number of allylic oxidation sites excluding steroid dienone is 6. The van der Waals surface area contributed by atoms with Gasteiger partial charge in [0.2, 0.25) is 0 Å². The van der Waals surface area contributed by atoms with E-state index in [1.54, 1.807) is 6.08 Å². The highest BCUT2D eigenvalue weighted by atomic mass is 13.6. The van der Waals surface area contributed by atoms with Gasteiger partial charge in [0.1, 0.15) is 0 Å². The topological polar surface area (TPSA) is 0 Å². The summed E-state index contributed by atoms with van der Waals surface area (Å²) in [5.41, 5.74) is 0. The van der Waals surface area contributed by atoms with E-state index in [9.17, 15) is 0 Å². The summed E-state index contributed by atoms with van der Waals surface area (Å²) < 4.78 is 0. The fourth-order valence-electron chi connectivity index (χ4n) is 0.318. The van der Waals surface area contributed by atoms with Gasteiger partial charge in [0.15, 0.2) is 0 Å². The van der Waals surface area contributed by atoms with Crippen LogP contribution in [0.2, 0.25) is 0 Å². The van der Waals surface area contributed by atoms with Gasteiger partial charge < -0.3 is 0 Å². The summed E-state index contributed by atoms with van der Waals surface area (Å²) in [7, 11) is 0. The molecule has 0 aliphatic heterocycles. The van der Waals surface area contributed by atoms with Crippen molar-refractivity contribution < 1.29 is 0 Å². The van der Waals surface area contributed by atoms with Crippen LogP contribution < -0.4 is 0 Å². The summed E-state index contributed by atoms with van der Waals surface area (Å²) in [6.45, 7) is 5.51. The summed E-state index contributed by atoms with van der Waals surface area (Å²) in [4.78, 5) is 0. The minimum absolute atomic E-state index is 1.75. The molecule has 0 spiro atoms. The van der Waals surface area contributed by atoms with Crippen molar-refractivity contribution in [3.63, 3.8) is 0 Å². The number of hydrogen-bond acceptors (Lipinski definition) is 0. The maximum atomic E-state index is 3.53. The van der Waals surface area contributed by atoms with Crippen LogP contribution in [0.5, 0.6) is 0 Å². The van der Waals surface area contributed by atoms with Gasteiger partial charge in [-0.1, -0.05) is 36.5 Å². The molecular formula is C8H11. The highest BCUT2D eigenvalue weighted by Crippen LogP contribution is 1.77. The zero-order valence-corrected chi connectivity index (χ0v) is 5.17. The van der Waals surface area contributed by atoms with Crippen LogP contribution in [0.3, 0.4) is 0 Å². The van der Waals surface area contributed by atoms with Gasteiger partial charge in [0.05, 0.1) is 0 Å². The molecular weight excluding hydrogens is 96.1 g/mol. The second kappa shape index (κ2) is 6.22. The van der Waals surface area contributed by atoms with Gasteiger partial charge in [-0.2, -0.15) is 0 Å². The van der Waals surface area contributed by atoms with E-state index in [1.165, 1.54) is 0 Å². The lowest BCUT2D eigenvalue weighted by Gasteiger charge is -1.68. The first-order chi connectivity index (χ1) is 3.91. The molecule has 0 aliphatic rings. The number of rotatable bonds is 2. The van der Waals surface area contributed by atoms with Crippen LogP contribution in [0.25, 0.3) is 0 Å². The van der Waals surface area contributed by atoms with Crippen molar-refractivity contribution in [1.29, 1.82) is 0 Å². The zero-order valence-electron chi connectivity index (χ0n) is 5.17. The van der Waals surface area contributed by atoms with Crippen molar-refractivity contribution in [3.8, 4) is 0 Å². The van der Waals surface area contributed by atoms with Crippen LogP contribution in [-0.2, 0) is 0 Å². The smallest absolute Gasteiger partial charge is 0.0313 e. The second-order valence-corrected chi connectivity index (χ2v) is 1.34. The van der Waals surface area contributed by atoms with Crippen molar-refractivity contribution >= 4 is 0 Å². The van der Waals surface area contributed by atoms with Gasteiger partial charge in [0.25, 0.3) is 0 Å². The molecule has 0 amide bonds. The first kappa shape index (κ1) is 7.22. The number of hydrogen-bond donors (Lipinski definition) is 0. The molecule has 0 unspecified atom stereocenters. The van der Waals surface area contributed by atoms with E-state index >= 15 is 0 Å². The zero-order chi connectivity index (χ0) is 6.24. The maximum Gasteiger partial charge on any atom is -0.0313 e. The van der Waals surface area contributed by atoms with E-state index in [1.807, 2.05) is 37.3 Å². The molecule has 0 aliphatic carbocycles. The highest BCUT2D eigenvalue weighted by Gasteiger charge is 1.55. The summed E-state index contributed by atoms with van der Waals surface area (Å²) in [5, 5.41) is 0. The predicted octanol–water partition coefficient (Wildman–Crippen LogP) is 2.51. The first-order valence-electron chi connectivity index (χ1n) is 2.65. The van der Waals surface area contributed by atoms with Crippen LogP contribution in [0, 0.1) is 6.92 Å². The van der Waals surface area contributed by atoms with Crippen LogP contribution in [0.15, 0.2) is 36.5 Å².